The summed E-state index contributed by atoms with van der Waals surface area (Å²) in [6.45, 7) is 2.78. The highest BCUT2D eigenvalue weighted by atomic mass is 32.2. The Bertz CT molecular complexity index is 587. The molecule has 6 nitrogen and oxygen atoms in total. The molecular weight excluding hydrogens is 290 g/mol. The smallest absolute Gasteiger partial charge is 0.214 e. The van der Waals surface area contributed by atoms with Crippen LogP contribution in [-0.4, -0.2) is 47.5 Å². The highest BCUT2D eigenvalue weighted by Crippen LogP contribution is 2.20. The fraction of sp³-hybridized carbons (Fsp3) is 0.571. The number of nitrogens with zero attached hydrogens (tertiary/aromatic N) is 3. The van der Waals surface area contributed by atoms with E-state index in [1.165, 1.54) is 4.31 Å². The van der Waals surface area contributed by atoms with Crippen LogP contribution < -0.4 is 0 Å². The quantitative estimate of drug-likeness (QED) is 0.660. The van der Waals surface area contributed by atoms with Gasteiger partial charge in [0.25, 0.3) is 0 Å². The molecule has 0 bridgehead atoms. The topological polar surface area (TPSA) is 82.9 Å². The van der Waals surface area contributed by atoms with Crippen molar-refractivity contribution in [1.29, 1.82) is 0 Å². The van der Waals surface area contributed by atoms with Crippen LogP contribution in [0.1, 0.15) is 25.3 Å². The van der Waals surface area contributed by atoms with Gasteiger partial charge in [0.15, 0.2) is 0 Å². The van der Waals surface area contributed by atoms with Crippen LogP contribution in [0.15, 0.2) is 29.7 Å². The highest BCUT2D eigenvalue weighted by molar-refractivity contribution is 7.89. The van der Waals surface area contributed by atoms with Crippen molar-refractivity contribution >= 4 is 15.7 Å². The van der Waals surface area contributed by atoms with Gasteiger partial charge in [-0.25, -0.2) is 12.7 Å². The first-order chi connectivity index (χ1) is 10.1. The van der Waals surface area contributed by atoms with Crippen molar-refractivity contribution in [2.24, 2.45) is 11.1 Å². The maximum atomic E-state index is 12.4. The molecule has 2 heterocycles. The first-order valence-electron chi connectivity index (χ1n) is 7.14. The summed E-state index contributed by atoms with van der Waals surface area (Å²) in [7, 11) is -3.28. The van der Waals surface area contributed by atoms with Gasteiger partial charge in [-0.15, -0.1) is 0 Å². The Morgan fingerprint density at radius 2 is 2.14 bits per heavy atom. The third-order valence-corrected chi connectivity index (χ3v) is 5.76. The van der Waals surface area contributed by atoms with E-state index in [-0.39, 0.29) is 11.7 Å². The van der Waals surface area contributed by atoms with Crippen LogP contribution in [0.3, 0.4) is 0 Å². The Kier molecular flexibility index (Phi) is 5.30. The molecule has 2 rings (SSSR count). The summed E-state index contributed by atoms with van der Waals surface area (Å²) in [5, 5.41) is 12.2. The molecule has 1 aromatic rings. The summed E-state index contributed by atoms with van der Waals surface area (Å²) in [4.78, 5) is 3.92. The highest BCUT2D eigenvalue weighted by Gasteiger charge is 2.31. The van der Waals surface area contributed by atoms with E-state index in [9.17, 15) is 8.42 Å². The second-order valence-electron chi connectivity index (χ2n) is 5.23. The number of oxime groups is 1. The van der Waals surface area contributed by atoms with Crippen LogP contribution in [0.4, 0.5) is 0 Å². The standard InChI is InChI=1S/C14H21N3O3S/c1-2-13-11-17(9-5-14(13)16-18)21(19,20)10-6-12-3-7-15-8-4-12/h3-4,7-8,13,18H,2,5-6,9-11H2,1H3/b16-14+. The van der Waals surface area contributed by atoms with Crippen molar-refractivity contribution in [1.82, 2.24) is 9.29 Å². The lowest BCUT2D eigenvalue weighted by Crippen LogP contribution is -2.45. The molecule has 1 aliphatic heterocycles. The van der Waals surface area contributed by atoms with E-state index in [4.69, 9.17) is 5.21 Å². The number of pyridine rings is 1. The van der Waals surface area contributed by atoms with Crippen molar-refractivity contribution in [3.63, 3.8) is 0 Å². The number of aromatic nitrogens is 1. The average Bonchev–Trinajstić information content (AvgIpc) is 2.53. The van der Waals surface area contributed by atoms with Crippen molar-refractivity contribution in [3.8, 4) is 0 Å². The Balaban J connectivity index is 2.00. The van der Waals surface area contributed by atoms with Crippen LogP contribution in [0.5, 0.6) is 0 Å². The third kappa shape index (κ3) is 4.01. The van der Waals surface area contributed by atoms with Gasteiger partial charge in [0.1, 0.15) is 0 Å². The zero-order valence-electron chi connectivity index (χ0n) is 12.1. The lowest BCUT2D eigenvalue weighted by atomic mass is 9.95. The number of piperidine rings is 1. The predicted molar refractivity (Wildman–Crippen MR) is 80.9 cm³/mol. The Hall–Kier alpha value is -1.47. The molecular formula is C14H21N3O3S. The summed E-state index contributed by atoms with van der Waals surface area (Å²) in [5.74, 6) is 0.110. The van der Waals surface area contributed by atoms with E-state index >= 15 is 0 Å². The molecule has 0 saturated carbocycles. The second kappa shape index (κ2) is 7.00. The summed E-state index contributed by atoms with van der Waals surface area (Å²) >= 11 is 0. The van der Waals surface area contributed by atoms with Crippen molar-refractivity contribution in [2.45, 2.75) is 26.2 Å². The number of sulfonamides is 1. The van der Waals surface area contributed by atoms with Gasteiger partial charge in [-0.05, 0) is 30.5 Å². The van der Waals surface area contributed by atoms with Crippen LogP contribution in [0, 0.1) is 5.92 Å². The minimum Gasteiger partial charge on any atom is -0.411 e. The van der Waals surface area contributed by atoms with Crippen LogP contribution >= 0.6 is 0 Å². The molecule has 1 N–H and O–H groups in total. The average molecular weight is 311 g/mol. The number of hydrogen-bond acceptors (Lipinski definition) is 5. The van der Waals surface area contributed by atoms with Crippen molar-refractivity contribution in [3.05, 3.63) is 30.1 Å². The molecule has 1 saturated heterocycles. The van der Waals surface area contributed by atoms with E-state index in [2.05, 4.69) is 10.1 Å². The van der Waals surface area contributed by atoms with Gasteiger partial charge in [-0.1, -0.05) is 12.1 Å². The fourth-order valence-electron chi connectivity index (χ4n) is 2.56. The SMILES string of the molecule is CCC1CN(S(=O)(=O)CCc2ccncc2)CC/C1=N\O. The zero-order valence-corrected chi connectivity index (χ0v) is 13.0. The molecule has 7 heteroatoms. The van der Waals surface area contributed by atoms with Gasteiger partial charge in [0, 0.05) is 37.8 Å². The molecule has 116 valence electrons. The lowest BCUT2D eigenvalue weighted by molar-refractivity contribution is 0.295. The number of hydrogen-bond donors (Lipinski definition) is 1. The molecule has 0 spiro atoms. The van der Waals surface area contributed by atoms with E-state index in [1.807, 2.05) is 19.1 Å². The van der Waals surface area contributed by atoms with Gasteiger partial charge in [-0.3, -0.25) is 4.98 Å². The van der Waals surface area contributed by atoms with Gasteiger partial charge >= 0.3 is 0 Å². The molecule has 0 radical (unpaired) electrons. The van der Waals surface area contributed by atoms with Crippen LogP contribution in [0.2, 0.25) is 0 Å². The van der Waals surface area contributed by atoms with E-state index in [0.717, 1.165) is 12.0 Å². The Morgan fingerprint density at radius 3 is 2.76 bits per heavy atom. The summed E-state index contributed by atoms with van der Waals surface area (Å²) < 4.78 is 26.4. The molecule has 21 heavy (non-hydrogen) atoms. The van der Waals surface area contributed by atoms with Crippen molar-refractivity contribution < 1.29 is 13.6 Å². The number of rotatable bonds is 5. The molecule has 1 aromatic heterocycles. The normalized spacial score (nSPS) is 22.5. The van der Waals surface area contributed by atoms with E-state index in [1.54, 1.807) is 12.4 Å². The Morgan fingerprint density at radius 1 is 1.43 bits per heavy atom. The molecule has 1 fully saturated rings. The molecule has 0 amide bonds. The maximum absolute atomic E-state index is 12.4. The molecule has 1 atom stereocenters. The summed E-state index contributed by atoms with van der Waals surface area (Å²) in [5.41, 5.74) is 1.67. The predicted octanol–water partition coefficient (Wildman–Crippen LogP) is 1.52. The first-order valence-corrected chi connectivity index (χ1v) is 8.75. The van der Waals surface area contributed by atoms with Gasteiger partial charge in [0.05, 0.1) is 11.5 Å². The minimum atomic E-state index is -3.28. The van der Waals surface area contributed by atoms with Crippen LogP contribution in [-0.2, 0) is 16.4 Å². The minimum absolute atomic E-state index is 0.0134. The maximum Gasteiger partial charge on any atom is 0.214 e. The molecule has 0 aromatic carbocycles. The fourth-order valence-corrected chi connectivity index (χ4v) is 4.09. The van der Waals surface area contributed by atoms with Gasteiger partial charge in [-0.2, -0.15) is 0 Å². The lowest BCUT2D eigenvalue weighted by Gasteiger charge is -2.32. The molecule has 1 aliphatic rings. The second-order valence-corrected chi connectivity index (χ2v) is 7.31. The molecule has 1 unspecified atom stereocenters. The molecule has 0 aliphatic carbocycles. The van der Waals surface area contributed by atoms with Gasteiger partial charge in [0.2, 0.25) is 10.0 Å². The van der Waals surface area contributed by atoms with Crippen LogP contribution in [0.25, 0.3) is 0 Å². The van der Waals surface area contributed by atoms with Gasteiger partial charge < -0.3 is 5.21 Å². The summed E-state index contributed by atoms with van der Waals surface area (Å²) in [6.07, 6.45) is 5.10. The summed E-state index contributed by atoms with van der Waals surface area (Å²) in [6, 6.07) is 3.66. The van der Waals surface area contributed by atoms with E-state index in [0.29, 0.717) is 31.6 Å². The number of aryl methyl sites for hydroxylation is 1. The Labute approximate surface area is 125 Å². The zero-order chi connectivity index (χ0) is 15.3. The van der Waals surface area contributed by atoms with Crippen molar-refractivity contribution in [2.75, 3.05) is 18.8 Å². The van der Waals surface area contributed by atoms with E-state index < -0.39 is 10.0 Å². The monoisotopic (exact) mass is 311 g/mol. The third-order valence-electron chi connectivity index (χ3n) is 3.93. The first kappa shape index (κ1) is 15.9. The largest absolute Gasteiger partial charge is 0.411 e.